The molecule has 2 aromatic heterocycles. The van der Waals surface area contributed by atoms with Crippen LogP contribution in [0.2, 0.25) is 0 Å². The zero-order valence-electron chi connectivity index (χ0n) is 12.3. The Morgan fingerprint density at radius 2 is 2.10 bits per heavy atom. The standard InChI is InChI=1S/C15H23N5/c1-12-4-3-5-14-17-15(18-20(12)14)16-9-6-13-7-10-19(2)11-8-13/h3-5,13H,6-11H2,1-2H3,(H,16,18). The number of anilines is 1. The van der Waals surface area contributed by atoms with Crippen molar-refractivity contribution in [1.29, 1.82) is 0 Å². The molecule has 2 aromatic rings. The average Bonchev–Trinajstić information content (AvgIpc) is 2.85. The van der Waals surface area contributed by atoms with Crippen molar-refractivity contribution in [3.63, 3.8) is 0 Å². The van der Waals surface area contributed by atoms with Crippen LogP contribution in [0.3, 0.4) is 0 Å². The quantitative estimate of drug-likeness (QED) is 0.927. The van der Waals surface area contributed by atoms with Gasteiger partial charge < -0.3 is 10.2 Å². The molecule has 0 spiro atoms. The molecule has 1 aliphatic rings. The largest absolute Gasteiger partial charge is 0.353 e. The first kappa shape index (κ1) is 13.4. The van der Waals surface area contributed by atoms with E-state index >= 15 is 0 Å². The van der Waals surface area contributed by atoms with Crippen LogP contribution >= 0.6 is 0 Å². The highest BCUT2D eigenvalue weighted by molar-refractivity contribution is 5.44. The van der Waals surface area contributed by atoms with Crippen molar-refractivity contribution >= 4 is 11.6 Å². The Hall–Kier alpha value is -1.62. The van der Waals surface area contributed by atoms with E-state index in [9.17, 15) is 0 Å². The molecule has 0 aromatic carbocycles. The van der Waals surface area contributed by atoms with Gasteiger partial charge in [-0.25, -0.2) is 4.52 Å². The minimum absolute atomic E-state index is 0.743. The molecule has 0 radical (unpaired) electrons. The predicted octanol–water partition coefficient (Wildman–Crippen LogP) is 2.18. The summed E-state index contributed by atoms with van der Waals surface area (Å²) in [6, 6.07) is 6.05. The maximum Gasteiger partial charge on any atom is 0.243 e. The molecule has 0 atom stereocenters. The van der Waals surface area contributed by atoms with Crippen LogP contribution in [0.15, 0.2) is 18.2 Å². The highest BCUT2D eigenvalue weighted by atomic mass is 15.3. The van der Waals surface area contributed by atoms with Gasteiger partial charge in [0.2, 0.25) is 5.95 Å². The summed E-state index contributed by atoms with van der Waals surface area (Å²) in [6.45, 7) is 5.47. The normalized spacial score (nSPS) is 17.7. The minimum Gasteiger partial charge on any atom is -0.353 e. The summed E-state index contributed by atoms with van der Waals surface area (Å²) >= 11 is 0. The molecule has 0 aliphatic carbocycles. The van der Waals surface area contributed by atoms with Gasteiger partial charge in [0.15, 0.2) is 5.65 Å². The lowest BCUT2D eigenvalue weighted by molar-refractivity contribution is 0.215. The van der Waals surface area contributed by atoms with Crippen LogP contribution in [0.5, 0.6) is 0 Å². The Morgan fingerprint density at radius 1 is 1.30 bits per heavy atom. The number of nitrogens with zero attached hydrogens (tertiary/aromatic N) is 4. The van der Waals surface area contributed by atoms with E-state index < -0.39 is 0 Å². The first-order valence-corrected chi connectivity index (χ1v) is 7.47. The second kappa shape index (κ2) is 5.79. The van der Waals surface area contributed by atoms with E-state index in [0.29, 0.717) is 0 Å². The van der Waals surface area contributed by atoms with Gasteiger partial charge in [0.05, 0.1) is 0 Å². The van der Waals surface area contributed by atoms with Crippen LogP contribution in [0.1, 0.15) is 25.0 Å². The molecule has 5 nitrogen and oxygen atoms in total. The van der Waals surface area contributed by atoms with Crippen molar-refractivity contribution < 1.29 is 0 Å². The summed E-state index contributed by atoms with van der Waals surface area (Å²) in [7, 11) is 2.21. The monoisotopic (exact) mass is 273 g/mol. The number of nitrogens with one attached hydrogen (secondary N) is 1. The van der Waals surface area contributed by atoms with E-state index in [2.05, 4.69) is 27.3 Å². The Labute approximate surface area is 120 Å². The molecule has 1 aliphatic heterocycles. The third-order valence-corrected chi connectivity index (χ3v) is 4.22. The van der Waals surface area contributed by atoms with Crippen LogP contribution in [0.25, 0.3) is 5.65 Å². The Morgan fingerprint density at radius 3 is 2.85 bits per heavy atom. The van der Waals surface area contributed by atoms with Gasteiger partial charge in [0.25, 0.3) is 0 Å². The molecule has 1 saturated heterocycles. The highest BCUT2D eigenvalue weighted by Crippen LogP contribution is 2.19. The third-order valence-electron chi connectivity index (χ3n) is 4.22. The number of hydrogen-bond donors (Lipinski definition) is 1. The van der Waals surface area contributed by atoms with Crippen LogP contribution < -0.4 is 5.32 Å². The van der Waals surface area contributed by atoms with Gasteiger partial charge in [-0.15, -0.1) is 5.10 Å². The van der Waals surface area contributed by atoms with Crippen LogP contribution in [-0.4, -0.2) is 46.2 Å². The average molecular weight is 273 g/mol. The lowest BCUT2D eigenvalue weighted by atomic mass is 9.94. The second-order valence-corrected chi connectivity index (χ2v) is 5.83. The summed E-state index contributed by atoms with van der Waals surface area (Å²) in [6.07, 6.45) is 3.84. The summed E-state index contributed by atoms with van der Waals surface area (Å²) in [5, 5.41) is 7.86. The number of fused-ring (bicyclic) bond motifs is 1. The third kappa shape index (κ3) is 2.93. The first-order valence-electron chi connectivity index (χ1n) is 7.47. The lowest BCUT2D eigenvalue weighted by Crippen LogP contribution is -2.30. The van der Waals surface area contributed by atoms with E-state index in [1.807, 2.05) is 29.6 Å². The molecule has 0 bridgehead atoms. The maximum absolute atomic E-state index is 4.50. The number of aryl methyl sites for hydroxylation is 1. The Balaban J connectivity index is 1.53. The SMILES string of the molecule is Cc1cccc2nc(NCCC3CCN(C)CC3)nn12. The van der Waals surface area contributed by atoms with Gasteiger partial charge >= 0.3 is 0 Å². The van der Waals surface area contributed by atoms with E-state index in [1.54, 1.807) is 0 Å². The van der Waals surface area contributed by atoms with Gasteiger partial charge in [-0.3, -0.25) is 0 Å². The number of aromatic nitrogens is 3. The van der Waals surface area contributed by atoms with E-state index in [1.165, 1.54) is 32.4 Å². The predicted molar refractivity (Wildman–Crippen MR) is 81.1 cm³/mol. The second-order valence-electron chi connectivity index (χ2n) is 5.83. The van der Waals surface area contributed by atoms with Crippen molar-refractivity contribution in [2.75, 3.05) is 32.0 Å². The molecule has 3 heterocycles. The topological polar surface area (TPSA) is 45.5 Å². The Kier molecular flexibility index (Phi) is 3.87. The number of hydrogen-bond acceptors (Lipinski definition) is 4. The fourth-order valence-electron chi connectivity index (χ4n) is 2.85. The van der Waals surface area contributed by atoms with E-state index in [4.69, 9.17) is 0 Å². The summed E-state index contributed by atoms with van der Waals surface area (Å²) in [5.74, 6) is 1.59. The molecule has 3 rings (SSSR count). The minimum atomic E-state index is 0.743. The summed E-state index contributed by atoms with van der Waals surface area (Å²) in [5.41, 5.74) is 2.02. The van der Waals surface area contributed by atoms with Crippen LogP contribution in [0.4, 0.5) is 5.95 Å². The van der Waals surface area contributed by atoms with Gasteiger partial charge in [0, 0.05) is 12.2 Å². The van der Waals surface area contributed by atoms with Gasteiger partial charge in [-0.1, -0.05) is 6.07 Å². The molecule has 1 N–H and O–H groups in total. The van der Waals surface area contributed by atoms with Crippen LogP contribution in [-0.2, 0) is 0 Å². The van der Waals surface area contributed by atoms with Crippen molar-refractivity contribution in [1.82, 2.24) is 19.5 Å². The molecule has 1 fully saturated rings. The lowest BCUT2D eigenvalue weighted by Gasteiger charge is -2.28. The van der Waals surface area contributed by atoms with E-state index in [-0.39, 0.29) is 0 Å². The number of pyridine rings is 1. The van der Waals surface area contributed by atoms with Crippen molar-refractivity contribution in [3.8, 4) is 0 Å². The van der Waals surface area contributed by atoms with Crippen molar-refractivity contribution in [2.24, 2.45) is 5.92 Å². The fourth-order valence-corrected chi connectivity index (χ4v) is 2.85. The maximum atomic E-state index is 4.50. The van der Waals surface area contributed by atoms with Gasteiger partial charge in [-0.05, 0) is 64.4 Å². The molecule has 5 heteroatoms. The highest BCUT2D eigenvalue weighted by Gasteiger charge is 2.16. The zero-order chi connectivity index (χ0) is 13.9. The fraction of sp³-hybridized carbons (Fsp3) is 0.600. The summed E-state index contributed by atoms with van der Waals surface area (Å²) in [4.78, 5) is 6.91. The van der Waals surface area contributed by atoms with Crippen molar-refractivity contribution in [2.45, 2.75) is 26.2 Å². The summed E-state index contributed by atoms with van der Waals surface area (Å²) < 4.78 is 1.89. The molecular formula is C15H23N5. The molecular weight excluding hydrogens is 250 g/mol. The molecule has 20 heavy (non-hydrogen) atoms. The van der Waals surface area contributed by atoms with Gasteiger partial charge in [-0.2, -0.15) is 4.98 Å². The molecule has 0 amide bonds. The number of likely N-dealkylation sites (tertiary alicyclic amines) is 1. The molecule has 0 unspecified atom stereocenters. The molecule has 108 valence electrons. The zero-order valence-corrected chi connectivity index (χ0v) is 12.3. The van der Waals surface area contributed by atoms with Crippen LogP contribution in [0, 0.1) is 12.8 Å². The van der Waals surface area contributed by atoms with Crippen molar-refractivity contribution in [3.05, 3.63) is 23.9 Å². The number of rotatable bonds is 4. The molecule has 0 saturated carbocycles. The van der Waals surface area contributed by atoms with E-state index in [0.717, 1.165) is 29.8 Å². The smallest absolute Gasteiger partial charge is 0.243 e. The first-order chi connectivity index (χ1) is 9.72. The Bertz CT molecular complexity index is 569. The number of piperidine rings is 1. The van der Waals surface area contributed by atoms with Gasteiger partial charge in [0.1, 0.15) is 0 Å².